The number of pyridine rings is 1. The van der Waals surface area contributed by atoms with E-state index in [-0.39, 0.29) is 18.4 Å². The number of nitrogens with zero attached hydrogens (tertiary/aromatic N) is 3. The van der Waals surface area contributed by atoms with E-state index in [1.165, 1.54) is 0 Å². The van der Waals surface area contributed by atoms with Crippen molar-refractivity contribution >= 4 is 23.0 Å². The Morgan fingerprint density at radius 2 is 2.25 bits per heavy atom. The molecule has 2 aromatic rings. The van der Waals surface area contributed by atoms with Crippen LogP contribution in [0.5, 0.6) is 0 Å². The highest BCUT2D eigenvalue weighted by molar-refractivity contribution is 6.06. The Bertz CT molecular complexity index is 861. The third-order valence-electron chi connectivity index (χ3n) is 5.22. The summed E-state index contributed by atoms with van der Waals surface area (Å²) in [5.41, 5.74) is 1.20. The molecule has 0 aliphatic carbocycles. The van der Waals surface area contributed by atoms with Crippen molar-refractivity contribution in [3.05, 3.63) is 23.0 Å². The second-order valence-electron chi connectivity index (χ2n) is 6.73. The van der Waals surface area contributed by atoms with Crippen molar-refractivity contribution in [2.24, 2.45) is 11.3 Å². The van der Waals surface area contributed by atoms with Crippen molar-refractivity contribution in [2.45, 2.75) is 13.8 Å². The zero-order valence-electron chi connectivity index (χ0n) is 13.5. The Morgan fingerprint density at radius 3 is 2.96 bits per heavy atom. The fourth-order valence-corrected chi connectivity index (χ4v) is 3.93. The molecule has 0 radical (unpaired) electrons. The standard InChI is InChI=1S/C16H18N4O4/c1-8-3-11(12-9(2)19-24-13(12)18-8)14(21)20-5-10-4-17-6-16(10,7-20)15(22)23/h3,10,17H,4-7H2,1-2H3,(H,22,23)/t10-,16-/m0/s1. The minimum atomic E-state index is -0.888. The lowest BCUT2D eigenvalue weighted by Crippen LogP contribution is -2.41. The molecule has 126 valence electrons. The van der Waals surface area contributed by atoms with Crippen LogP contribution in [0.3, 0.4) is 0 Å². The number of aryl methyl sites for hydroxylation is 2. The van der Waals surface area contributed by atoms with Crippen molar-refractivity contribution < 1.29 is 19.2 Å². The van der Waals surface area contributed by atoms with Crippen molar-refractivity contribution in [1.82, 2.24) is 20.4 Å². The van der Waals surface area contributed by atoms with Crippen molar-refractivity contribution in [3.63, 3.8) is 0 Å². The van der Waals surface area contributed by atoms with Crippen LogP contribution in [0.25, 0.3) is 11.1 Å². The smallest absolute Gasteiger partial charge is 0.313 e. The van der Waals surface area contributed by atoms with Gasteiger partial charge in [-0.2, -0.15) is 0 Å². The van der Waals surface area contributed by atoms with Gasteiger partial charge in [-0.15, -0.1) is 0 Å². The number of aromatic nitrogens is 2. The Balaban J connectivity index is 1.73. The summed E-state index contributed by atoms with van der Waals surface area (Å²) in [5, 5.41) is 17.3. The van der Waals surface area contributed by atoms with Gasteiger partial charge in [-0.25, -0.2) is 4.98 Å². The second kappa shape index (κ2) is 5.01. The number of fused-ring (bicyclic) bond motifs is 2. The average Bonchev–Trinajstić information content (AvgIpc) is 3.18. The van der Waals surface area contributed by atoms with Gasteiger partial charge in [-0.3, -0.25) is 9.59 Å². The summed E-state index contributed by atoms with van der Waals surface area (Å²) in [6.07, 6.45) is 0. The van der Waals surface area contributed by atoms with Gasteiger partial charge in [-0.05, 0) is 19.9 Å². The van der Waals surface area contributed by atoms with Crippen LogP contribution in [0, 0.1) is 25.2 Å². The molecule has 2 fully saturated rings. The summed E-state index contributed by atoms with van der Waals surface area (Å²) in [7, 11) is 0. The van der Waals surface area contributed by atoms with E-state index >= 15 is 0 Å². The van der Waals surface area contributed by atoms with Crippen LogP contribution in [-0.4, -0.2) is 58.2 Å². The van der Waals surface area contributed by atoms with Gasteiger partial charge in [0.1, 0.15) is 5.41 Å². The molecule has 2 aliphatic heterocycles. The number of likely N-dealkylation sites (tertiary alicyclic amines) is 1. The molecule has 2 atom stereocenters. The lowest BCUT2D eigenvalue weighted by molar-refractivity contribution is -0.148. The highest BCUT2D eigenvalue weighted by Gasteiger charge is 2.56. The molecular weight excluding hydrogens is 312 g/mol. The minimum absolute atomic E-state index is 0.0686. The molecule has 0 spiro atoms. The number of rotatable bonds is 2. The third kappa shape index (κ3) is 1.96. The number of hydrogen-bond acceptors (Lipinski definition) is 6. The average molecular weight is 330 g/mol. The van der Waals surface area contributed by atoms with Gasteiger partial charge in [0.05, 0.1) is 16.6 Å². The Kier molecular flexibility index (Phi) is 3.14. The lowest BCUT2D eigenvalue weighted by Gasteiger charge is -2.22. The summed E-state index contributed by atoms with van der Waals surface area (Å²) >= 11 is 0. The van der Waals surface area contributed by atoms with E-state index in [4.69, 9.17) is 4.52 Å². The van der Waals surface area contributed by atoms with Gasteiger partial charge in [0.2, 0.25) is 0 Å². The van der Waals surface area contributed by atoms with Crippen LogP contribution in [0.2, 0.25) is 0 Å². The first kappa shape index (κ1) is 15.1. The van der Waals surface area contributed by atoms with Crippen LogP contribution >= 0.6 is 0 Å². The van der Waals surface area contributed by atoms with Crippen molar-refractivity contribution in [3.8, 4) is 0 Å². The Morgan fingerprint density at radius 1 is 1.46 bits per heavy atom. The largest absolute Gasteiger partial charge is 0.481 e. The molecule has 4 rings (SSSR count). The molecule has 2 aromatic heterocycles. The van der Waals surface area contributed by atoms with Gasteiger partial charge in [0.15, 0.2) is 0 Å². The molecule has 0 saturated carbocycles. The fourth-order valence-electron chi connectivity index (χ4n) is 3.93. The van der Waals surface area contributed by atoms with Gasteiger partial charge in [-0.1, -0.05) is 5.16 Å². The van der Waals surface area contributed by atoms with Gasteiger partial charge in [0.25, 0.3) is 11.6 Å². The first-order valence-electron chi connectivity index (χ1n) is 7.89. The maximum atomic E-state index is 13.1. The van der Waals surface area contributed by atoms with Crippen LogP contribution in [0.4, 0.5) is 0 Å². The summed E-state index contributed by atoms with van der Waals surface area (Å²) < 4.78 is 5.18. The fraction of sp³-hybridized carbons (Fsp3) is 0.500. The number of carbonyl (C=O) groups excluding carboxylic acids is 1. The van der Waals surface area contributed by atoms with Crippen LogP contribution in [0.1, 0.15) is 21.7 Å². The van der Waals surface area contributed by atoms with E-state index in [9.17, 15) is 14.7 Å². The molecule has 0 bridgehead atoms. The van der Waals surface area contributed by atoms with Gasteiger partial charge in [0, 0.05) is 37.8 Å². The molecule has 4 heterocycles. The predicted octanol–water partition coefficient (Wildman–Crippen LogP) is 0.586. The highest BCUT2D eigenvalue weighted by Crippen LogP contribution is 2.40. The first-order valence-corrected chi connectivity index (χ1v) is 7.89. The summed E-state index contributed by atoms with van der Waals surface area (Å²) in [6.45, 7) is 5.22. The van der Waals surface area contributed by atoms with Crippen molar-refractivity contribution in [2.75, 3.05) is 26.2 Å². The molecule has 0 unspecified atom stereocenters. The van der Waals surface area contributed by atoms with Gasteiger partial charge < -0.3 is 19.8 Å². The number of carbonyl (C=O) groups is 2. The number of amides is 1. The number of aliphatic carboxylic acids is 1. The van der Waals surface area contributed by atoms with Crippen LogP contribution in [-0.2, 0) is 4.79 Å². The summed E-state index contributed by atoms with van der Waals surface area (Å²) in [5.74, 6) is -1.10. The topological polar surface area (TPSA) is 109 Å². The molecule has 8 heteroatoms. The molecule has 0 aromatic carbocycles. The summed E-state index contributed by atoms with van der Waals surface area (Å²) in [6, 6.07) is 1.72. The van der Waals surface area contributed by atoms with Gasteiger partial charge >= 0.3 is 5.97 Å². The molecule has 24 heavy (non-hydrogen) atoms. The van der Waals surface area contributed by atoms with E-state index in [1.807, 2.05) is 0 Å². The number of carboxylic acid groups (broad SMARTS) is 1. The quantitative estimate of drug-likeness (QED) is 0.829. The Labute approximate surface area is 137 Å². The molecule has 2 saturated heterocycles. The third-order valence-corrected chi connectivity index (χ3v) is 5.22. The Hall–Kier alpha value is -2.48. The van der Waals surface area contributed by atoms with Crippen LogP contribution in [0.15, 0.2) is 10.6 Å². The first-order chi connectivity index (χ1) is 11.4. The number of carboxylic acids is 1. The maximum absolute atomic E-state index is 13.1. The van der Waals surface area contributed by atoms with E-state index < -0.39 is 11.4 Å². The zero-order chi connectivity index (χ0) is 17.1. The number of nitrogens with one attached hydrogen (secondary N) is 1. The predicted molar refractivity (Wildman–Crippen MR) is 83.6 cm³/mol. The molecule has 2 aliphatic rings. The van der Waals surface area contributed by atoms with E-state index in [1.54, 1.807) is 24.8 Å². The normalized spacial score (nSPS) is 26.1. The minimum Gasteiger partial charge on any atom is -0.481 e. The second-order valence-corrected chi connectivity index (χ2v) is 6.73. The summed E-state index contributed by atoms with van der Waals surface area (Å²) in [4.78, 5) is 30.8. The lowest BCUT2D eigenvalue weighted by atomic mass is 9.81. The van der Waals surface area contributed by atoms with E-state index in [0.717, 1.165) is 0 Å². The van der Waals surface area contributed by atoms with Crippen molar-refractivity contribution in [1.29, 1.82) is 0 Å². The highest BCUT2D eigenvalue weighted by atomic mass is 16.5. The van der Waals surface area contributed by atoms with E-state index in [2.05, 4.69) is 15.5 Å². The number of hydrogen-bond donors (Lipinski definition) is 2. The molecule has 1 amide bonds. The van der Waals surface area contributed by atoms with Crippen LogP contribution < -0.4 is 5.32 Å². The monoisotopic (exact) mass is 330 g/mol. The molecular formula is C16H18N4O4. The molecule has 2 N–H and O–H groups in total. The maximum Gasteiger partial charge on any atom is 0.313 e. The SMILES string of the molecule is Cc1cc(C(=O)N2C[C@@H]3CNC[C@]3(C(=O)O)C2)c2c(C)noc2n1. The van der Waals surface area contributed by atoms with E-state index in [0.29, 0.717) is 47.7 Å². The zero-order valence-corrected chi connectivity index (χ0v) is 13.5. The molecule has 8 nitrogen and oxygen atoms in total.